The molecular weight excluding hydrogens is 222 g/mol. The Bertz CT molecular complexity index is 450. The van der Waals surface area contributed by atoms with E-state index >= 15 is 0 Å². The normalized spacial score (nSPS) is 10.9. The summed E-state index contributed by atoms with van der Waals surface area (Å²) in [5.41, 5.74) is 6.54. The highest BCUT2D eigenvalue weighted by Crippen LogP contribution is 2.09. The molecule has 2 aromatic heterocycles. The molecule has 0 aliphatic carbocycles. The Kier molecular flexibility index (Phi) is 3.71. The lowest BCUT2D eigenvalue weighted by molar-refractivity contribution is 0.448. The molecule has 2 rings (SSSR count). The first-order chi connectivity index (χ1) is 7.78. The number of nitrogens with zero attached hydrogens (tertiary/aromatic N) is 1. The van der Waals surface area contributed by atoms with Crippen molar-refractivity contribution in [2.75, 3.05) is 0 Å². The maximum atomic E-state index is 5.47. The fourth-order valence-electron chi connectivity index (χ4n) is 1.40. The van der Waals surface area contributed by atoms with Crippen LogP contribution in [0, 0.1) is 6.92 Å². The predicted molar refractivity (Wildman–Crippen MR) is 64.0 cm³/mol. The number of nitrogens with one attached hydrogen (secondary N) is 1. The highest BCUT2D eigenvalue weighted by Gasteiger charge is 2.01. The zero-order chi connectivity index (χ0) is 11.4. The topological polar surface area (TPSA) is 64.1 Å². The van der Waals surface area contributed by atoms with Crippen LogP contribution in [0.3, 0.4) is 0 Å². The van der Waals surface area contributed by atoms with Crippen molar-refractivity contribution in [1.82, 2.24) is 10.3 Å². The van der Waals surface area contributed by atoms with E-state index in [4.69, 9.17) is 10.2 Å². The molecule has 0 saturated heterocycles. The van der Waals surface area contributed by atoms with Gasteiger partial charge in [0, 0.05) is 17.6 Å². The van der Waals surface area contributed by atoms with Gasteiger partial charge in [0.15, 0.2) is 0 Å². The van der Waals surface area contributed by atoms with Gasteiger partial charge in [-0.1, -0.05) is 0 Å². The van der Waals surface area contributed by atoms with Crippen LogP contribution < -0.4 is 11.1 Å². The molecule has 0 amide bonds. The van der Waals surface area contributed by atoms with Gasteiger partial charge in [0.1, 0.15) is 16.5 Å². The minimum Gasteiger partial charge on any atom is -0.463 e. The first kappa shape index (κ1) is 11.3. The quantitative estimate of drug-likeness (QED) is 0.832. The third-order valence-corrected chi connectivity index (χ3v) is 3.13. The van der Waals surface area contributed by atoms with E-state index in [9.17, 15) is 0 Å². The van der Waals surface area contributed by atoms with Gasteiger partial charge in [0.2, 0.25) is 0 Å². The summed E-state index contributed by atoms with van der Waals surface area (Å²) >= 11 is 1.67. The summed E-state index contributed by atoms with van der Waals surface area (Å²) in [5.74, 6) is 1.73. The van der Waals surface area contributed by atoms with Crippen molar-refractivity contribution in [1.29, 1.82) is 0 Å². The fraction of sp³-hybridized carbons (Fsp3) is 0.364. The van der Waals surface area contributed by atoms with Gasteiger partial charge in [-0.25, -0.2) is 4.98 Å². The maximum absolute atomic E-state index is 5.47. The number of thiazole rings is 1. The Morgan fingerprint density at radius 1 is 1.38 bits per heavy atom. The van der Waals surface area contributed by atoms with Crippen LogP contribution in [0.1, 0.15) is 22.2 Å². The summed E-state index contributed by atoms with van der Waals surface area (Å²) in [6, 6.07) is 3.85. The SMILES string of the molecule is Cc1csc(CNCc2ccc(CN)o2)n1. The van der Waals surface area contributed by atoms with Gasteiger partial charge in [0.25, 0.3) is 0 Å². The van der Waals surface area contributed by atoms with Gasteiger partial charge in [-0.2, -0.15) is 0 Å². The molecule has 0 aliphatic heterocycles. The third kappa shape index (κ3) is 2.91. The average Bonchev–Trinajstić information content (AvgIpc) is 2.88. The van der Waals surface area contributed by atoms with E-state index < -0.39 is 0 Å². The van der Waals surface area contributed by atoms with Crippen LogP contribution in [0.25, 0.3) is 0 Å². The Hall–Kier alpha value is -1.17. The van der Waals surface area contributed by atoms with Crippen molar-refractivity contribution in [3.63, 3.8) is 0 Å². The van der Waals surface area contributed by atoms with E-state index in [0.717, 1.165) is 28.8 Å². The zero-order valence-electron chi connectivity index (χ0n) is 9.19. The van der Waals surface area contributed by atoms with E-state index in [0.29, 0.717) is 13.1 Å². The second-order valence-corrected chi connectivity index (χ2v) is 4.50. The molecule has 0 aliphatic rings. The lowest BCUT2D eigenvalue weighted by atomic mass is 10.4. The fourth-order valence-corrected chi connectivity index (χ4v) is 2.14. The number of rotatable bonds is 5. The van der Waals surface area contributed by atoms with Gasteiger partial charge >= 0.3 is 0 Å². The monoisotopic (exact) mass is 237 g/mol. The van der Waals surface area contributed by atoms with E-state index in [2.05, 4.69) is 15.7 Å². The van der Waals surface area contributed by atoms with E-state index in [1.807, 2.05) is 19.1 Å². The molecule has 2 aromatic rings. The summed E-state index contributed by atoms with van der Waals surface area (Å²) < 4.78 is 5.47. The summed E-state index contributed by atoms with van der Waals surface area (Å²) in [5, 5.41) is 6.43. The van der Waals surface area contributed by atoms with Crippen LogP contribution in [-0.4, -0.2) is 4.98 Å². The van der Waals surface area contributed by atoms with Gasteiger partial charge in [-0.15, -0.1) is 11.3 Å². The molecule has 4 nitrogen and oxygen atoms in total. The van der Waals surface area contributed by atoms with E-state index in [1.165, 1.54) is 0 Å². The Labute approximate surface area is 98.5 Å². The summed E-state index contributed by atoms with van der Waals surface area (Å²) in [4.78, 5) is 4.37. The highest BCUT2D eigenvalue weighted by molar-refractivity contribution is 7.09. The maximum Gasteiger partial charge on any atom is 0.118 e. The molecule has 86 valence electrons. The van der Waals surface area contributed by atoms with Crippen molar-refractivity contribution in [2.24, 2.45) is 5.73 Å². The lowest BCUT2D eigenvalue weighted by Crippen LogP contribution is -2.11. The molecule has 0 unspecified atom stereocenters. The van der Waals surface area contributed by atoms with E-state index in [-0.39, 0.29) is 0 Å². The van der Waals surface area contributed by atoms with Crippen molar-refractivity contribution >= 4 is 11.3 Å². The summed E-state index contributed by atoms with van der Waals surface area (Å²) in [7, 11) is 0. The van der Waals surface area contributed by atoms with Gasteiger partial charge in [0.05, 0.1) is 13.1 Å². The van der Waals surface area contributed by atoms with Gasteiger partial charge in [-0.05, 0) is 19.1 Å². The molecule has 0 bridgehead atoms. The number of hydrogen-bond donors (Lipinski definition) is 2. The number of nitrogens with two attached hydrogens (primary N) is 1. The molecule has 3 N–H and O–H groups in total. The molecule has 16 heavy (non-hydrogen) atoms. The predicted octanol–water partition coefficient (Wildman–Crippen LogP) is 1.79. The van der Waals surface area contributed by atoms with Crippen LogP contribution in [0.4, 0.5) is 0 Å². The average molecular weight is 237 g/mol. The molecule has 2 heterocycles. The van der Waals surface area contributed by atoms with Crippen LogP contribution in [0.15, 0.2) is 21.9 Å². The smallest absolute Gasteiger partial charge is 0.118 e. The van der Waals surface area contributed by atoms with E-state index in [1.54, 1.807) is 11.3 Å². The number of aryl methyl sites for hydroxylation is 1. The molecule has 5 heteroatoms. The molecular formula is C11H15N3OS. The Morgan fingerprint density at radius 3 is 2.81 bits per heavy atom. The number of furan rings is 1. The van der Waals surface area contributed by atoms with Crippen molar-refractivity contribution < 1.29 is 4.42 Å². The molecule has 0 spiro atoms. The first-order valence-electron chi connectivity index (χ1n) is 5.17. The molecule has 0 aromatic carbocycles. The minimum absolute atomic E-state index is 0.450. The van der Waals surface area contributed by atoms with Crippen molar-refractivity contribution in [3.05, 3.63) is 39.7 Å². The van der Waals surface area contributed by atoms with Gasteiger partial charge in [-0.3, -0.25) is 0 Å². The molecule has 0 saturated carbocycles. The zero-order valence-corrected chi connectivity index (χ0v) is 10.0. The lowest BCUT2D eigenvalue weighted by Gasteiger charge is -1.99. The summed E-state index contributed by atoms with van der Waals surface area (Å²) in [6.45, 7) is 3.93. The third-order valence-electron chi connectivity index (χ3n) is 2.16. The Balaban J connectivity index is 1.79. The second kappa shape index (κ2) is 5.25. The molecule has 0 atom stereocenters. The van der Waals surface area contributed by atoms with Crippen LogP contribution in [0.2, 0.25) is 0 Å². The van der Waals surface area contributed by atoms with Crippen LogP contribution in [-0.2, 0) is 19.6 Å². The first-order valence-corrected chi connectivity index (χ1v) is 6.05. The van der Waals surface area contributed by atoms with Crippen LogP contribution >= 0.6 is 11.3 Å². The van der Waals surface area contributed by atoms with Gasteiger partial charge < -0.3 is 15.5 Å². The molecule has 0 fully saturated rings. The van der Waals surface area contributed by atoms with Crippen molar-refractivity contribution in [2.45, 2.75) is 26.6 Å². The standard InChI is InChI=1S/C11H15N3OS/c1-8-7-16-11(14-8)6-13-5-10-3-2-9(4-12)15-10/h2-3,7,13H,4-6,12H2,1H3. The number of hydrogen-bond acceptors (Lipinski definition) is 5. The second-order valence-electron chi connectivity index (χ2n) is 3.56. The number of aromatic nitrogens is 1. The minimum atomic E-state index is 0.450. The molecule has 0 radical (unpaired) electrons. The highest BCUT2D eigenvalue weighted by atomic mass is 32.1. The summed E-state index contributed by atoms with van der Waals surface area (Å²) in [6.07, 6.45) is 0. The Morgan fingerprint density at radius 2 is 2.19 bits per heavy atom. The van der Waals surface area contributed by atoms with Crippen LogP contribution in [0.5, 0.6) is 0 Å². The largest absolute Gasteiger partial charge is 0.463 e. The van der Waals surface area contributed by atoms with Crippen molar-refractivity contribution in [3.8, 4) is 0 Å².